The molecule has 0 aliphatic heterocycles. The Bertz CT molecular complexity index is 327. The van der Waals surface area contributed by atoms with E-state index in [-0.39, 0.29) is 0 Å². The first-order valence-electron chi connectivity index (χ1n) is 6.16. The minimum atomic E-state index is -0.421. The zero-order chi connectivity index (χ0) is 11.4. The van der Waals surface area contributed by atoms with Crippen LogP contribution in [-0.2, 0) is 0 Å². The maximum atomic E-state index is 9.47. The summed E-state index contributed by atoms with van der Waals surface area (Å²) in [5.74, 6) is 1.61. The van der Waals surface area contributed by atoms with Crippen molar-refractivity contribution in [1.82, 2.24) is 0 Å². The third kappa shape index (κ3) is 2.99. The highest BCUT2D eigenvalue weighted by atomic mass is 16.5. The maximum absolute atomic E-state index is 9.47. The van der Waals surface area contributed by atoms with Crippen LogP contribution in [0.5, 0.6) is 5.75 Å². The van der Waals surface area contributed by atoms with Crippen molar-refractivity contribution in [3.05, 3.63) is 29.8 Å². The second kappa shape index (κ2) is 5.35. The second-order valence-corrected chi connectivity index (χ2v) is 4.71. The van der Waals surface area contributed by atoms with Gasteiger partial charge in [-0.15, -0.1) is 0 Å². The normalized spacial score (nSPS) is 18.6. The van der Waals surface area contributed by atoms with E-state index in [1.165, 1.54) is 25.7 Å². The van der Waals surface area contributed by atoms with E-state index in [1.807, 2.05) is 24.3 Å². The van der Waals surface area contributed by atoms with Crippen LogP contribution in [0.3, 0.4) is 0 Å². The van der Waals surface area contributed by atoms with Gasteiger partial charge in [0.1, 0.15) is 5.75 Å². The highest BCUT2D eigenvalue weighted by Gasteiger charge is 2.15. The highest BCUT2D eigenvalue weighted by Crippen LogP contribution is 2.26. The molecule has 16 heavy (non-hydrogen) atoms. The van der Waals surface area contributed by atoms with E-state index < -0.39 is 6.10 Å². The summed E-state index contributed by atoms with van der Waals surface area (Å²) in [5, 5.41) is 9.47. The Morgan fingerprint density at radius 2 is 2.12 bits per heavy atom. The van der Waals surface area contributed by atoms with Gasteiger partial charge in [0.15, 0.2) is 0 Å². The van der Waals surface area contributed by atoms with Crippen molar-refractivity contribution in [1.29, 1.82) is 0 Å². The van der Waals surface area contributed by atoms with Gasteiger partial charge in [-0.05, 0) is 43.4 Å². The average molecular weight is 220 g/mol. The summed E-state index contributed by atoms with van der Waals surface area (Å²) in [6, 6.07) is 7.75. The molecule has 1 fully saturated rings. The molecule has 0 aromatic heterocycles. The molecule has 1 aromatic rings. The van der Waals surface area contributed by atoms with Crippen LogP contribution in [-0.4, -0.2) is 11.7 Å². The average Bonchev–Trinajstić information content (AvgIpc) is 2.79. The molecular formula is C14H20O2. The lowest BCUT2D eigenvalue weighted by Gasteiger charge is -2.12. The summed E-state index contributed by atoms with van der Waals surface area (Å²) in [4.78, 5) is 0. The van der Waals surface area contributed by atoms with E-state index in [9.17, 15) is 5.11 Å². The van der Waals surface area contributed by atoms with E-state index in [2.05, 4.69) is 0 Å². The van der Waals surface area contributed by atoms with Crippen LogP contribution in [0, 0.1) is 5.92 Å². The van der Waals surface area contributed by atoms with Gasteiger partial charge in [-0.2, -0.15) is 0 Å². The molecule has 88 valence electrons. The van der Waals surface area contributed by atoms with E-state index in [4.69, 9.17) is 4.74 Å². The minimum Gasteiger partial charge on any atom is -0.493 e. The molecule has 2 rings (SSSR count). The van der Waals surface area contributed by atoms with Crippen LogP contribution in [0.1, 0.15) is 44.3 Å². The van der Waals surface area contributed by atoms with E-state index in [0.29, 0.717) is 0 Å². The molecule has 0 spiro atoms. The molecule has 2 heteroatoms. The largest absolute Gasteiger partial charge is 0.493 e. The molecule has 0 bridgehead atoms. The Morgan fingerprint density at radius 1 is 1.38 bits per heavy atom. The zero-order valence-corrected chi connectivity index (χ0v) is 9.86. The molecular weight excluding hydrogens is 200 g/mol. The van der Waals surface area contributed by atoms with E-state index in [0.717, 1.165) is 23.8 Å². The molecule has 0 radical (unpaired) electrons. The molecule has 1 saturated carbocycles. The first kappa shape index (κ1) is 11.5. The van der Waals surface area contributed by atoms with Crippen LogP contribution >= 0.6 is 0 Å². The fraction of sp³-hybridized carbons (Fsp3) is 0.571. The number of ether oxygens (including phenoxy) is 1. The monoisotopic (exact) mass is 220 g/mol. The van der Waals surface area contributed by atoms with E-state index in [1.54, 1.807) is 6.92 Å². The first-order valence-corrected chi connectivity index (χ1v) is 6.16. The molecule has 2 nitrogen and oxygen atoms in total. The van der Waals surface area contributed by atoms with Gasteiger partial charge < -0.3 is 9.84 Å². The van der Waals surface area contributed by atoms with Gasteiger partial charge in [0.05, 0.1) is 12.7 Å². The Morgan fingerprint density at radius 3 is 2.81 bits per heavy atom. The highest BCUT2D eigenvalue weighted by molar-refractivity contribution is 5.29. The lowest BCUT2D eigenvalue weighted by molar-refractivity contribution is 0.198. The molecule has 0 unspecified atom stereocenters. The lowest BCUT2D eigenvalue weighted by atomic mass is 10.1. The van der Waals surface area contributed by atoms with Crippen molar-refractivity contribution in [2.24, 2.45) is 5.92 Å². The Labute approximate surface area is 97.3 Å². The van der Waals surface area contributed by atoms with Gasteiger partial charge in [0.2, 0.25) is 0 Å². The van der Waals surface area contributed by atoms with Gasteiger partial charge in [0.25, 0.3) is 0 Å². The number of aliphatic hydroxyl groups excluding tert-OH is 1. The fourth-order valence-electron chi connectivity index (χ4n) is 2.26. The number of benzene rings is 1. The van der Waals surface area contributed by atoms with Gasteiger partial charge in [-0.3, -0.25) is 0 Å². The first-order chi connectivity index (χ1) is 7.75. The molecule has 1 atom stereocenters. The van der Waals surface area contributed by atoms with Crippen LogP contribution in [0.4, 0.5) is 0 Å². The van der Waals surface area contributed by atoms with Crippen LogP contribution in [0.2, 0.25) is 0 Å². The lowest BCUT2D eigenvalue weighted by Crippen LogP contribution is -2.08. The molecule has 1 aliphatic carbocycles. The van der Waals surface area contributed by atoms with Gasteiger partial charge in [-0.25, -0.2) is 0 Å². The number of aliphatic hydroxyl groups is 1. The number of rotatable bonds is 4. The van der Waals surface area contributed by atoms with Crippen molar-refractivity contribution in [2.75, 3.05) is 6.61 Å². The third-order valence-corrected chi connectivity index (χ3v) is 3.30. The molecule has 1 aromatic carbocycles. The van der Waals surface area contributed by atoms with Crippen molar-refractivity contribution in [3.63, 3.8) is 0 Å². The third-order valence-electron chi connectivity index (χ3n) is 3.30. The summed E-state index contributed by atoms with van der Waals surface area (Å²) in [5.41, 5.74) is 0.920. The van der Waals surface area contributed by atoms with Crippen molar-refractivity contribution < 1.29 is 9.84 Å². The number of hydrogen-bond acceptors (Lipinski definition) is 2. The fourth-order valence-corrected chi connectivity index (χ4v) is 2.26. The van der Waals surface area contributed by atoms with Gasteiger partial charge in [-0.1, -0.05) is 25.0 Å². The predicted octanol–water partition coefficient (Wildman–Crippen LogP) is 3.31. The molecule has 0 amide bonds. The SMILES string of the molecule is C[C@@H](O)c1cccc(OCC2CCCC2)c1. The smallest absolute Gasteiger partial charge is 0.119 e. The van der Waals surface area contributed by atoms with Crippen LogP contribution in [0.25, 0.3) is 0 Å². The second-order valence-electron chi connectivity index (χ2n) is 4.71. The molecule has 1 aliphatic rings. The zero-order valence-electron chi connectivity index (χ0n) is 9.86. The standard InChI is InChI=1S/C14H20O2/c1-11(15)13-7-4-8-14(9-13)16-10-12-5-2-3-6-12/h4,7-9,11-12,15H,2-3,5-6,10H2,1H3/t11-/m1/s1. The van der Waals surface area contributed by atoms with E-state index >= 15 is 0 Å². The molecule has 0 heterocycles. The molecule has 0 saturated heterocycles. The number of hydrogen-bond donors (Lipinski definition) is 1. The Balaban J connectivity index is 1.90. The van der Waals surface area contributed by atoms with Gasteiger partial charge >= 0.3 is 0 Å². The van der Waals surface area contributed by atoms with Gasteiger partial charge in [0, 0.05) is 0 Å². The maximum Gasteiger partial charge on any atom is 0.119 e. The summed E-state index contributed by atoms with van der Waals surface area (Å²) in [6.45, 7) is 2.60. The summed E-state index contributed by atoms with van der Waals surface area (Å²) >= 11 is 0. The summed E-state index contributed by atoms with van der Waals surface area (Å²) in [7, 11) is 0. The van der Waals surface area contributed by atoms with Crippen molar-refractivity contribution in [2.45, 2.75) is 38.7 Å². The van der Waals surface area contributed by atoms with Crippen molar-refractivity contribution in [3.8, 4) is 5.75 Å². The summed E-state index contributed by atoms with van der Waals surface area (Å²) < 4.78 is 5.77. The topological polar surface area (TPSA) is 29.5 Å². The van der Waals surface area contributed by atoms with Crippen LogP contribution in [0.15, 0.2) is 24.3 Å². The quantitative estimate of drug-likeness (QED) is 0.843. The predicted molar refractivity (Wildman–Crippen MR) is 64.5 cm³/mol. The molecule has 1 N–H and O–H groups in total. The Hall–Kier alpha value is -1.02. The van der Waals surface area contributed by atoms with Crippen LogP contribution < -0.4 is 4.74 Å². The summed E-state index contributed by atoms with van der Waals surface area (Å²) in [6.07, 6.45) is 4.88. The minimum absolute atomic E-state index is 0.421. The Kier molecular flexibility index (Phi) is 3.83. The van der Waals surface area contributed by atoms with Crippen molar-refractivity contribution >= 4 is 0 Å².